The maximum absolute atomic E-state index is 13.5. The molecule has 36 heavy (non-hydrogen) atoms. The van der Waals surface area contributed by atoms with Gasteiger partial charge in [-0.05, 0) is 85.8 Å². The van der Waals surface area contributed by atoms with E-state index < -0.39 is 11.9 Å². The van der Waals surface area contributed by atoms with Gasteiger partial charge in [0.25, 0.3) is 17.7 Å². The molecule has 0 saturated carbocycles. The van der Waals surface area contributed by atoms with Crippen LogP contribution in [0.25, 0.3) is 0 Å². The summed E-state index contributed by atoms with van der Waals surface area (Å²) in [5.74, 6) is -1.15. The largest absolute Gasteiger partial charge is 0.368 e. The highest BCUT2D eigenvalue weighted by Gasteiger charge is 2.27. The highest BCUT2D eigenvalue weighted by Crippen LogP contribution is 2.34. The second-order valence-corrected chi connectivity index (χ2v) is 8.90. The van der Waals surface area contributed by atoms with Gasteiger partial charge in [-0.3, -0.25) is 14.4 Å². The number of nitrogens with zero attached hydrogens (tertiary/aromatic N) is 1. The molecular formula is C28H26FN3O4. The molecule has 0 bridgehead atoms. The van der Waals surface area contributed by atoms with E-state index in [1.165, 1.54) is 24.3 Å². The van der Waals surface area contributed by atoms with Crippen molar-refractivity contribution in [2.75, 3.05) is 28.7 Å². The summed E-state index contributed by atoms with van der Waals surface area (Å²) in [6.07, 6.45) is 2.53. The van der Waals surface area contributed by atoms with Crippen molar-refractivity contribution in [1.82, 2.24) is 0 Å². The number of hydrogen-bond donors (Lipinski definition) is 2. The lowest BCUT2D eigenvalue weighted by Gasteiger charge is -2.31. The standard InChI is InChI=1S/C28H26FN3O4/c29-20-13-11-18(12-14-20)26(33)31-23-8-2-9-24-22(23)7-3-15-32(24)28(35)19-5-1-6-21(17-19)30-27(34)25-10-4-16-36-25/h1-2,5-6,8-9,11-14,17,25H,3-4,7,10,15-16H2,(H,30,34)(H,31,33). The predicted octanol–water partition coefficient (Wildman–Crippen LogP) is 4.79. The fourth-order valence-corrected chi connectivity index (χ4v) is 4.64. The lowest BCUT2D eigenvalue weighted by Crippen LogP contribution is -2.36. The minimum Gasteiger partial charge on any atom is -0.368 e. The van der Waals surface area contributed by atoms with E-state index in [1.807, 2.05) is 6.07 Å². The molecule has 7 nitrogen and oxygen atoms in total. The van der Waals surface area contributed by atoms with Crippen LogP contribution in [-0.4, -0.2) is 37.0 Å². The molecule has 0 aliphatic carbocycles. The average Bonchev–Trinajstić information content (AvgIpc) is 3.44. The van der Waals surface area contributed by atoms with Crippen LogP contribution in [-0.2, 0) is 16.0 Å². The SMILES string of the molecule is O=C(Nc1cccc2c1CCCN2C(=O)c1cccc(NC(=O)C2CCCO2)c1)c1ccc(F)cc1. The highest BCUT2D eigenvalue weighted by molar-refractivity contribution is 6.09. The molecule has 2 heterocycles. The number of amides is 3. The maximum atomic E-state index is 13.5. The molecule has 0 spiro atoms. The first kappa shape index (κ1) is 23.7. The summed E-state index contributed by atoms with van der Waals surface area (Å²) in [6.45, 7) is 1.12. The van der Waals surface area contributed by atoms with Gasteiger partial charge in [-0.25, -0.2) is 4.39 Å². The Morgan fingerprint density at radius 2 is 1.72 bits per heavy atom. The van der Waals surface area contributed by atoms with Crippen molar-refractivity contribution in [1.29, 1.82) is 0 Å². The number of benzene rings is 3. The molecule has 3 amide bonds. The van der Waals surface area contributed by atoms with Crippen LogP contribution < -0.4 is 15.5 Å². The van der Waals surface area contributed by atoms with Gasteiger partial charge in [-0.2, -0.15) is 0 Å². The van der Waals surface area contributed by atoms with Crippen molar-refractivity contribution in [2.45, 2.75) is 31.8 Å². The third kappa shape index (κ3) is 4.99. The lowest BCUT2D eigenvalue weighted by molar-refractivity contribution is -0.124. The third-order valence-electron chi connectivity index (χ3n) is 6.45. The normalized spacial score (nSPS) is 16.8. The van der Waals surface area contributed by atoms with Crippen molar-refractivity contribution in [3.63, 3.8) is 0 Å². The summed E-state index contributed by atoms with van der Waals surface area (Å²) in [5.41, 5.74) is 3.57. The molecule has 1 saturated heterocycles. The van der Waals surface area contributed by atoms with Gasteiger partial charge in [0.05, 0.1) is 0 Å². The Bertz CT molecular complexity index is 1300. The van der Waals surface area contributed by atoms with Crippen molar-refractivity contribution < 1.29 is 23.5 Å². The molecule has 0 radical (unpaired) electrons. The van der Waals surface area contributed by atoms with Gasteiger partial charge in [0.2, 0.25) is 0 Å². The van der Waals surface area contributed by atoms with Gasteiger partial charge in [0, 0.05) is 41.3 Å². The molecule has 2 aliphatic heterocycles. The number of rotatable bonds is 5. The van der Waals surface area contributed by atoms with Gasteiger partial charge in [-0.1, -0.05) is 12.1 Å². The molecule has 184 valence electrons. The minimum absolute atomic E-state index is 0.189. The Balaban J connectivity index is 1.35. The predicted molar refractivity (Wildman–Crippen MR) is 135 cm³/mol. The van der Waals surface area contributed by atoms with Gasteiger partial charge in [0.1, 0.15) is 11.9 Å². The van der Waals surface area contributed by atoms with Gasteiger partial charge in [-0.15, -0.1) is 0 Å². The molecule has 3 aromatic carbocycles. The zero-order valence-corrected chi connectivity index (χ0v) is 19.6. The van der Waals surface area contributed by atoms with E-state index in [0.717, 1.165) is 24.1 Å². The Kier molecular flexibility index (Phi) is 6.77. The summed E-state index contributed by atoms with van der Waals surface area (Å²) >= 11 is 0. The smallest absolute Gasteiger partial charge is 0.258 e. The lowest BCUT2D eigenvalue weighted by atomic mass is 9.98. The van der Waals surface area contributed by atoms with E-state index >= 15 is 0 Å². The van der Waals surface area contributed by atoms with Crippen molar-refractivity contribution in [3.05, 3.63) is 89.2 Å². The fraction of sp³-hybridized carbons (Fsp3) is 0.250. The van der Waals surface area contributed by atoms with Crippen LogP contribution in [0.4, 0.5) is 21.5 Å². The molecule has 8 heteroatoms. The van der Waals surface area contributed by atoms with Gasteiger partial charge >= 0.3 is 0 Å². The second kappa shape index (κ2) is 10.3. The molecule has 2 N–H and O–H groups in total. The number of fused-ring (bicyclic) bond motifs is 1. The highest BCUT2D eigenvalue weighted by atomic mass is 19.1. The number of nitrogens with one attached hydrogen (secondary N) is 2. The Hall–Kier alpha value is -4.04. The van der Waals surface area contributed by atoms with Crippen LogP contribution in [0, 0.1) is 5.82 Å². The summed E-state index contributed by atoms with van der Waals surface area (Å²) in [4.78, 5) is 40.3. The summed E-state index contributed by atoms with van der Waals surface area (Å²) in [5, 5.41) is 5.75. The van der Waals surface area contributed by atoms with Crippen LogP contribution in [0.1, 0.15) is 45.5 Å². The monoisotopic (exact) mass is 487 g/mol. The van der Waals surface area contributed by atoms with E-state index in [0.29, 0.717) is 48.5 Å². The van der Waals surface area contributed by atoms with Crippen LogP contribution in [0.2, 0.25) is 0 Å². The van der Waals surface area contributed by atoms with Crippen molar-refractivity contribution in [3.8, 4) is 0 Å². The Labute approximate surface area is 208 Å². The first-order valence-electron chi connectivity index (χ1n) is 12.0. The van der Waals surface area contributed by atoms with Crippen molar-refractivity contribution >= 4 is 34.8 Å². The van der Waals surface area contributed by atoms with E-state index in [4.69, 9.17) is 4.74 Å². The summed E-state index contributed by atoms with van der Waals surface area (Å²) in [7, 11) is 0. The van der Waals surface area contributed by atoms with E-state index in [2.05, 4.69) is 10.6 Å². The number of carbonyl (C=O) groups excluding carboxylic acids is 3. The van der Waals surface area contributed by atoms with Gasteiger partial charge < -0.3 is 20.3 Å². The maximum Gasteiger partial charge on any atom is 0.258 e. The van der Waals surface area contributed by atoms with E-state index in [-0.39, 0.29) is 17.7 Å². The zero-order chi connectivity index (χ0) is 25.1. The number of anilines is 3. The first-order valence-corrected chi connectivity index (χ1v) is 12.0. The number of hydrogen-bond acceptors (Lipinski definition) is 4. The molecule has 2 aliphatic rings. The molecule has 1 atom stereocenters. The van der Waals surface area contributed by atoms with E-state index in [1.54, 1.807) is 41.3 Å². The summed E-state index contributed by atoms with van der Waals surface area (Å²) < 4.78 is 18.7. The summed E-state index contributed by atoms with van der Waals surface area (Å²) in [6, 6.07) is 17.7. The van der Waals surface area contributed by atoms with Crippen LogP contribution in [0.3, 0.4) is 0 Å². The van der Waals surface area contributed by atoms with Crippen LogP contribution in [0.15, 0.2) is 66.7 Å². The van der Waals surface area contributed by atoms with Crippen LogP contribution >= 0.6 is 0 Å². The van der Waals surface area contributed by atoms with Crippen molar-refractivity contribution in [2.24, 2.45) is 0 Å². The molecular weight excluding hydrogens is 461 g/mol. The molecule has 0 aromatic heterocycles. The molecule has 5 rings (SSSR count). The number of halogens is 1. The molecule has 1 unspecified atom stereocenters. The minimum atomic E-state index is -0.457. The molecule has 1 fully saturated rings. The second-order valence-electron chi connectivity index (χ2n) is 8.90. The average molecular weight is 488 g/mol. The Morgan fingerprint density at radius 1 is 0.917 bits per heavy atom. The first-order chi connectivity index (χ1) is 17.5. The fourth-order valence-electron chi connectivity index (χ4n) is 4.64. The zero-order valence-electron chi connectivity index (χ0n) is 19.6. The van der Waals surface area contributed by atoms with Crippen LogP contribution in [0.5, 0.6) is 0 Å². The number of ether oxygens (including phenoxy) is 1. The number of carbonyl (C=O) groups is 3. The molecule has 3 aromatic rings. The third-order valence-corrected chi connectivity index (χ3v) is 6.45. The quantitative estimate of drug-likeness (QED) is 0.542. The van der Waals surface area contributed by atoms with E-state index in [9.17, 15) is 18.8 Å². The topological polar surface area (TPSA) is 87.7 Å². The Morgan fingerprint density at radius 3 is 2.50 bits per heavy atom. The van der Waals surface area contributed by atoms with Gasteiger partial charge in [0.15, 0.2) is 0 Å².